The molecule has 0 aliphatic carbocycles. The van der Waals surface area contributed by atoms with Gasteiger partial charge in [-0.15, -0.1) is 0 Å². The molecule has 17 heavy (non-hydrogen) atoms. The summed E-state index contributed by atoms with van der Waals surface area (Å²) in [5, 5.41) is 1.12. The second-order valence-corrected chi connectivity index (χ2v) is 4.23. The Morgan fingerprint density at radius 2 is 2.29 bits per heavy atom. The molecular weight excluding hydrogens is 238 g/mol. The molecule has 6 nitrogen and oxygen atoms in total. The quantitative estimate of drug-likeness (QED) is 0.677. The second-order valence-electron chi connectivity index (χ2n) is 3.25. The minimum absolute atomic E-state index is 0.182. The van der Waals surface area contributed by atoms with E-state index in [1.807, 2.05) is 12.1 Å². The van der Waals surface area contributed by atoms with Crippen molar-refractivity contribution in [1.82, 2.24) is 15.0 Å². The molecule has 2 heterocycles. The fourth-order valence-electron chi connectivity index (χ4n) is 1.26. The molecule has 5 N–H and O–H groups in total. The zero-order chi connectivity index (χ0) is 12.3. The number of H-pyrrole nitrogens is 1. The molecule has 0 atom stereocenters. The molecule has 0 radical (unpaired) electrons. The van der Waals surface area contributed by atoms with E-state index in [2.05, 4.69) is 15.0 Å². The van der Waals surface area contributed by atoms with E-state index in [1.54, 1.807) is 6.20 Å². The van der Waals surface area contributed by atoms with E-state index in [0.717, 1.165) is 5.56 Å². The number of rotatable bonds is 3. The van der Waals surface area contributed by atoms with Crippen molar-refractivity contribution in [3.8, 4) is 0 Å². The minimum Gasteiger partial charge on any atom is -0.383 e. The van der Waals surface area contributed by atoms with Crippen LogP contribution in [-0.2, 0) is 6.54 Å². The highest BCUT2D eigenvalue weighted by Gasteiger charge is 2.06. The van der Waals surface area contributed by atoms with Crippen molar-refractivity contribution >= 4 is 17.6 Å². The number of aromatic nitrogens is 3. The molecule has 0 unspecified atom stereocenters. The van der Waals surface area contributed by atoms with Gasteiger partial charge in [0.2, 0.25) is 0 Å². The first-order valence-corrected chi connectivity index (χ1v) is 5.69. The van der Waals surface area contributed by atoms with Crippen LogP contribution >= 0.6 is 11.8 Å². The molecule has 0 bridgehead atoms. The monoisotopic (exact) mass is 249 g/mol. The average molecular weight is 249 g/mol. The first-order chi connectivity index (χ1) is 8.19. The molecule has 0 aliphatic rings. The molecule has 0 aliphatic heterocycles. The van der Waals surface area contributed by atoms with Crippen molar-refractivity contribution in [2.45, 2.75) is 16.7 Å². The van der Waals surface area contributed by atoms with Gasteiger partial charge in [-0.2, -0.15) is 0 Å². The zero-order valence-electron chi connectivity index (χ0n) is 8.88. The lowest BCUT2D eigenvalue weighted by Gasteiger charge is -2.05. The van der Waals surface area contributed by atoms with Gasteiger partial charge in [0, 0.05) is 18.8 Å². The summed E-state index contributed by atoms with van der Waals surface area (Å²) in [6.07, 6.45) is 1.66. The zero-order valence-corrected chi connectivity index (χ0v) is 9.70. The topological polar surface area (TPSA) is 111 Å². The second kappa shape index (κ2) is 4.98. The maximum Gasteiger partial charge on any atom is 0.253 e. The van der Waals surface area contributed by atoms with Crippen molar-refractivity contribution in [3.63, 3.8) is 0 Å². The Hall–Kier alpha value is -1.86. The number of nitrogens with two attached hydrogens (primary N) is 2. The number of hydrogen-bond donors (Lipinski definition) is 3. The van der Waals surface area contributed by atoms with E-state index in [1.165, 1.54) is 17.8 Å². The first-order valence-electron chi connectivity index (χ1n) is 4.87. The largest absolute Gasteiger partial charge is 0.383 e. The maximum atomic E-state index is 11.2. The van der Waals surface area contributed by atoms with E-state index >= 15 is 0 Å². The summed E-state index contributed by atoms with van der Waals surface area (Å²) < 4.78 is 0. The maximum absolute atomic E-state index is 11.2. The number of pyridine rings is 1. The Morgan fingerprint density at radius 3 is 3.00 bits per heavy atom. The summed E-state index contributed by atoms with van der Waals surface area (Å²) in [5.41, 5.74) is 11.7. The van der Waals surface area contributed by atoms with Crippen molar-refractivity contribution in [1.29, 1.82) is 0 Å². The highest BCUT2D eigenvalue weighted by molar-refractivity contribution is 7.99. The number of nitrogens with one attached hydrogen (secondary N) is 1. The van der Waals surface area contributed by atoms with Gasteiger partial charge in [0.1, 0.15) is 10.8 Å². The summed E-state index contributed by atoms with van der Waals surface area (Å²) in [6.45, 7) is 0.378. The number of aromatic amines is 1. The van der Waals surface area contributed by atoms with Crippen LogP contribution < -0.4 is 17.0 Å². The lowest BCUT2D eigenvalue weighted by molar-refractivity contribution is 0.923. The van der Waals surface area contributed by atoms with Gasteiger partial charge in [-0.3, -0.25) is 4.79 Å². The molecular formula is C10H11N5OS. The van der Waals surface area contributed by atoms with Crippen molar-refractivity contribution in [2.24, 2.45) is 5.73 Å². The molecule has 7 heteroatoms. The Morgan fingerprint density at radius 1 is 1.47 bits per heavy atom. The molecule has 2 rings (SSSR count). The van der Waals surface area contributed by atoms with Crippen LogP contribution in [0.3, 0.4) is 0 Å². The average Bonchev–Trinajstić information content (AvgIpc) is 2.28. The third kappa shape index (κ3) is 2.83. The van der Waals surface area contributed by atoms with E-state index in [9.17, 15) is 4.79 Å². The third-order valence-corrected chi connectivity index (χ3v) is 2.95. The van der Waals surface area contributed by atoms with Crippen molar-refractivity contribution in [2.75, 3.05) is 5.73 Å². The minimum atomic E-state index is -0.287. The smallest absolute Gasteiger partial charge is 0.253 e. The van der Waals surface area contributed by atoms with Crippen LogP contribution in [0.1, 0.15) is 5.56 Å². The van der Waals surface area contributed by atoms with Crippen LogP contribution in [-0.4, -0.2) is 15.0 Å². The Kier molecular flexibility index (Phi) is 3.40. The van der Waals surface area contributed by atoms with Crippen molar-refractivity contribution < 1.29 is 0 Å². The Balaban J connectivity index is 2.34. The summed E-state index contributed by atoms with van der Waals surface area (Å²) in [5.74, 6) is 0.182. The van der Waals surface area contributed by atoms with Crippen LogP contribution in [0.5, 0.6) is 0 Å². The number of nitrogens with zero attached hydrogens (tertiary/aromatic N) is 2. The highest BCUT2D eigenvalue weighted by Crippen LogP contribution is 2.24. The molecule has 2 aromatic heterocycles. The van der Waals surface area contributed by atoms with Gasteiger partial charge in [-0.25, -0.2) is 9.97 Å². The van der Waals surface area contributed by atoms with Gasteiger partial charge in [0.05, 0.1) is 0 Å². The lowest BCUT2D eigenvalue weighted by atomic mass is 10.3. The predicted octanol–water partition coefficient (Wildman–Crippen LogP) is 0.357. The van der Waals surface area contributed by atoms with Gasteiger partial charge < -0.3 is 16.5 Å². The van der Waals surface area contributed by atoms with Gasteiger partial charge in [-0.1, -0.05) is 6.07 Å². The van der Waals surface area contributed by atoms with Crippen molar-refractivity contribution in [3.05, 3.63) is 40.3 Å². The summed E-state index contributed by atoms with van der Waals surface area (Å²) in [6, 6.07) is 4.91. The number of hydrogen-bond acceptors (Lipinski definition) is 6. The van der Waals surface area contributed by atoms with Gasteiger partial charge in [-0.05, 0) is 23.4 Å². The van der Waals surface area contributed by atoms with Gasteiger partial charge in [0.15, 0.2) is 5.16 Å². The third-order valence-electron chi connectivity index (χ3n) is 2.00. The molecule has 0 amide bonds. The van der Waals surface area contributed by atoms with Crippen LogP contribution in [0.25, 0.3) is 0 Å². The lowest BCUT2D eigenvalue weighted by Crippen LogP contribution is -2.09. The van der Waals surface area contributed by atoms with Crippen LogP contribution in [0.15, 0.2) is 39.4 Å². The van der Waals surface area contributed by atoms with Crippen LogP contribution in [0.2, 0.25) is 0 Å². The Bertz CT molecular complexity index is 583. The summed E-state index contributed by atoms with van der Waals surface area (Å²) >= 11 is 1.23. The van der Waals surface area contributed by atoms with E-state index < -0.39 is 0 Å². The van der Waals surface area contributed by atoms with E-state index in [0.29, 0.717) is 16.7 Å². The molecule has 0 saturated carbocycles. The molecule has 0 spiro atoms. The molecule has 2 aromatic rings. The van der Waals surface area contributed by atoms with Crippen LogP contribution in [0, 0.1) is 0 Å². The van der Waals surface area contributed by atoms with E-state index in [-0.39, 0.29) is 11.4 Å². The highest BCUT2D eigenvalue weighted by atomic mass is 32.2. The summed E-state index contributed by atoms with van der Waals surface area (Å²) in [4.78, 5) is 22.0. The van der Waals surface area contributed by atoms with Crippen LogP contribution in [0.4, 0.5) is 5.82 Å². The molecule has 0 aromatic carbocycles. The standard InChI is InChI=1S/C10H11N5OS/c11-5-6-2-1-3-13-9(6)17-10-14-7(12)4-8(16)15-10/h1-4H,5,11H2,(H3,12,14,15,16). The molecule has 0 saturated heterocycles. The Labute approximate surface area is 101 Å². The molecule has 88 valence electrons. The van der Waals surface area contributed by atoms with Gasteiger partial charge in [0.25, 0.3) is 5.56 Å². The fourth-order valence-corrected chi connectivity index (χ4v) is 2.15. The fraction of sp³-hybridized carbons (Fsp3) is 0.100. The first kappa shape index (κ1) is 11.6. The number of anilines is 1. The van der Waals surface area contributed by atoms with Gasteiger partial charge >= 0.3 is 0 Å². The number of nitrogen functional groups attached to an aromatic ring is 1. The predicted molar refractivity (Wildman–Crippen MR) is 65.5 cm³/mol. The SMILES string of the molecule is NCc1cccnc1Sc1nc(N)cc(=O)[nH]1. The molecule has 0 fully saturated rings. The normalized spacial score (nSPS) is 10.4. The van der Waals surface area contributed by atoms with E-state index in [4.69, 9.17) is 11.5 Å². The summed E-state index contributed by atoms with van der Waals surface area (Å²) in [7, 11) is 0.